The minimum absolute atomic E-state index is 0.00263. The van der Waals surface area contributed by atoms with Crippen LogP contribution >= 0.6 is 0 Å². The number of likely N-dealkylation sites (tertiary alicyclic amines) is 1. The number of likely N-dealkylation sites (N-methyl/N-ethyl adjacent to an activating group) is 1. The zero-order valence-corrected chi connectivity index (χ0v) is 33.5. The summed E-state index contributed by atoms with van der Waals surface area (Å²) in [4.78, 5) is 95.9. The first-order chi connectivity index (χ1) is 26.3. The molecule has 6 atom stereocenters. The van der Waals surface area contributed by atoms with Crippen molar-refractivity contribution in [3.63, 3.8) is 0 Å². The second kappa shape index (κ2) is 19.0. The molecule has 5 rings (SSSR count). The van der Waals surface area contributed by atoms with Crippen molar-refractivity contribution in [3.05, 3.63) is 54.6 Å². The largest absolute Gasteiger partial charge is 0.367 e. The Labute approximate surface area is 326 Å². The zero-order chi connectivity index (χ0) is 39.7. The van der Waals surface area contributed by atoms with Crippen LogP contribution in [0.2, 0.25) is 0 Å². The molecule has 0 unspecified atom stereocenters. The summed E-state index contributed by atoms with van der Waals surface area (Å²) in [5, 5.41) is 3.14. The smallest absolute Gasteiger partial charge is 0.246 e. The number of carbonyl (C=O) groups is 6. The fraction of sp³-hybridized carbons (Fsp3) is 0.636. The molecule has 3 fully saturated rings. The van der Waals surface area contributed by atoms with Gasteiger partial charge in [-0.3, -0.25) is 33.8 Å². The number of rotatable bonds is 17. The third-order valence-electron chi connectivity index (χ3n) is 12.2. The van der Waals surface area contributed by atoms with Crippen LogP contribution in [-0.4, -0.2) is 81.5 Å². The molecule has 1 N–H and O–H groups in total. The molecule has 2 aromatic rings. The molecule has 298 valence electrons. The van der Waals surface area contributed by atoms with E-state index in [2.05, 4.69) is 15.3 Å². The van der Waals surface area contributed by atoms with Gasteiger partial charge in [0.05, 0.1) is 18.8 Å². The van der Waals surface area contributed by atoms with Crippen molar-refractivity contribution in [2.24, 2.45) is 29.1 Å². The van der Waals surface area contributed by atoms with Gasteiger partial charge in [-0.1, -0.05) is 84.4 Å². The zero-order valence-electron chi connectivity index (χ0n) is 33.5. The van der Waals surface area contributed by atoms with Crippen LogP contribution in [0.5, 0.6) is 0 Å². The maximum absolute atomic E-state index is 15.0. The standard InChI is InChI=1S/C44H61N5O6/c1-6-15-31(40(53)39(52)28-48(5)32-19-11-8-12-20-32)25-38(51)36-24-30-18-13-14-21-35(30)49(36)43(55)41(44(2,3)4)47-42(54)33(29-16-9-7-10-17-29)26-37(50)34-27-45-22-23-46-34/h8,11-12,19-20,22-23,27,29-31,33,35-36,41H,6-7,9-10,13-18,21,24-26,28H2,1-5H3,(H,47,54)/t30-,31+,33-,35-,36-,41+/m0/s1. The summed E-state index contributed by atoms with van der Waals surface area (Å²) in [6, 6.07) is 7.54. The average molecular weight is 756 g/mol. The Kier molecular flexibility index (Phi) is 14.5. The number of nitrogens with one attached hydrogen (secondary N) is 1. The van der Waals surface area contributed by atoms with Crippen LogP contribution in [0, 0.1) is 29.1 Å². The van der Waals surface area contributed by atoms with E-state index >= 15 is 0 Å². The number of hydrogen-bond acceptors (Lipinski definition) is 9. The van der Waals surface area contributed by atoms with Gasteiger partial charge in [-0.15, -0.1) is 0 Å². The van der Waals surface area contributed by atoms with Crippen molar-refractivity contribution in [3.8, 4) is 0 Å². The molecule has 11 heteroatoms. The predicted molar refractivity (Wildman–Crippen MR) is 211 cm³/mol. The SMILES string of the molecule is CCC[C@H](CC(=O)[C@@H]1C[C@@H]2CCCC[C@@H]2N1C(=O)[C@@H](NC(=O)[C@@H](CC(=O)c1cnccn1)C1CCCCC1)C(C)(C)C)C(=O)C(=O)CN(C)c1ccccc1. The number of nitrogens with zero attached hydrogens (tertiary/aromatic N) is 4. The van der Waals surface area contributed by atoms with Crippen LogP contribution < -0.4 is 10.2 Å². The number of anilines is 1. The third kappa shape index (κ3) is 10.5. The molecule has 0 bridgehead atoms. The van der Waals surface area contributed by atoms with E-state index in [9.17, 15) is 28.8 Å². The van der Waals surface area contributed by atoms with E-state index in [1.165, 1.54) is 18.6 Å². The Bertz CT molecular complexity index is 1650. The Morgan fingerprint density at radius 2 is 1.60 bits per heavy atom. The predicted octanol–water partition coefficient (Wildman–Crippen LogP) is 6.59. The van der Waals surface area contributed by atoms with Gasteiger partial charge in [-0.25, -0.2) is 4.98 Å². The normalized spacial score (nSPS) is 21.8. The van der Waals surface area contributed by atoms with Crippen LogP contribution in [-0.2, 0) is 24.0 Å². The second-order valence-corrected chi connectivity index (χ2v) is 17.3. The van der Waals surface area contributed by atoms with Gasteiger partial charge in [0, 0.05) is 55.8 Å². The highest BCUT2D eigenvalue weighted by atomic mass is 16.2. The van der Waals surface area contributed by atoms with Crippen LogP contribution in [0.1, 0.15) is 128 Å². The molecule has 0 spiro atoms. The first-order valence-electron chi connectivity index (χ1n) is 20.6. The lowest BCUT2D eigenvalue weighted by atomic mass is 9.76. The maximum Gasteiger partial charge on any atom is 0.246 e. The Morgan fingerprint density at radius 1 is 0.909 bits per heavy atom. The van der Waals surface area contributed by atoms with Crippen molar-refractivity contribution >= 4 is 40.6 Å². The van der Waals surface area contributed by atoms with Gasteiger partial charge in [-0.2, -0.15) is 0 Å². The molecule has 55 heavy (non-hydrogen) atoms. The summed E-state index contributed by atoms with van der Waals surface area (Å²) in [5.74, 6) is -3.42. The monoisotopic (exact) mass is 755 g/mol. The van der Waals surface area contributed by atoms with Crippen LogP contribution in [0.3, 0.4) is 0 Å². The quantitative estimate of drug-likeness (QED) is 0.140. The average Bonchev–Trinajstić information content (AvgIpc) is 3.58. The van der Waals surface area contributed by atoms with E-state index in [0.717, 1.165) is 63.5 Å². The first kappa shape index (κ1) is 41.9. The maximum atomic E-state index is 15.0. The van der Waals surface area contributed by atoms with Crippen molar-refractivity contribution in [2.45, 2.75) is 136 Å². The number of carbonyl (C=O) groups excluding carboxylic acids is 6. The van der Waals surface area contributed by atoms with Crippen LogP contribution in [0.4, 0.5) is 5.69 Å². The fourth-order valence-electron chi connectivity index (χ4n) is 9.22. The molecule has 2 amide bonds. The van der Waals surface area contributed by atoms with E-state index in [1.807, 2.05) is 58.0 Å². The lowest BCUT2D eigenvalue weighted by molar-refractivity contribution is -0.147. The number of benzene rings is 1. The molecule has 1 aromatic carbocycles. The molecule has 2 saturated carbocycles. The van der Waals surface area contributed by atoms with Gasteiger partial charge < -0.3 is 15.1 Å². The van der Waals surface area contributed by atoms with Crippen molar-refractivity contribution in [1.29, 1.82) is 0 Å². The summed E-state index contributed by atoms with van der Waals surface area (Å²) >= 11 is 0. The summed E-state index contributed by atoms with van der Waals surface area (Å²) in [7, 11) is 1.77. The van der Waals surface area contributed by atoms with Gasteiger partial charge >= 0.3 is 0 Å². The summed E-state index contributed by atoms with van der Waals surface area (Å²) in [5.41, 5.74) is 0.319. The molecular formula is C44H61N5O6. The number of Topliss-reactive ketones (excluding diaryl/α,β-unsaturated/α-hetero) is 4. The molecule has 2 heterocycles. The Hall–Kier alpha value is -4.28. The third-order valence-corrected chi connectivity index (χ3v) is 12.2. The van der Waals surface area contributed by atoms with Crippen molar-refractivity contribution in [1.82, 2.24) is 20.2 Å². The lowest BCUT2D eigenvalue weighted by Gasteiger charge is -2.40. The Balaban J connectivity index is 1.36. The molecule has 1 saturated heterocycles. The van der Waals surface area contributed by atoms with Gasteiger partial charge in [0.1, 0.15) is 11.7 Å². The topological polar surface area (TPSA) is 147 Å². The van der Waals surface area contributed by atoms with E-state index in [1.54, 1.807) is 16.8 Å². The lowest BCUT2D eigenvalue weighted by Crippen LogP contribution is -2.60. The number of hydrogen-bond donors (Lipinski definition) is 1. The first-order valence-corrected chi connectivity index (χ1v) is 20.6. The fourth-order valence-corrected chi connectivity index (χ4v) is 9.22. The summed E-state index contributed by atoms with van der Waals surface area (Å²) in [6.45, 7) is 7.58. The minimum Gasteiger partial charge on any atom is -0.367 e. The van der Waals surface area contributed by atoms with Gasteiger partial charge in [0.25, 0.3) is 0 Å². The highest BCUT2D eigenvalue weighted by Gasteiger charge is 2.51. The second-order valence-electron chi connectivity index (χ2n) is 17.3. The molecule has 1 aromatic heterocycles. The highest BCUT2D eigenvalue weighted by Crippen LogP contribution is 2.42. The van der Waals surface area contributed by atoms with E-state index < -0.39 is 40.9 Å². The highest BCUT2D eigenvalue weighted by molar-refractivity contribution is 6.39. The minimum atomic E-state index is -0.947. The van der Waals surface area contributed by atoms with Gasteiger partial charge in [0.2, 0.25) is 23.4 Å². The molecule has 1 aliphatic heterocycles. The number of aromatic nitrogens is 2. The number of fused-ring (bicyclic) bond motifs is 1. The number of ketones is 4. The van der Waals surface area contributed by atoms with Crippen molar-refractivity contribution < 1.29 is 28.8 Å². The molecule has 2 aliphatic carbocycles. The van der Waals surface area contributed by atoms with E-state index in [4.69, 9.17) is 0 Å². The molecule has 0 radical (unpaired) electrons. The molecule has 11 nitrogen and oxygen atoms in total. The number of para-hydroxylation sites is 1. The van der Waals surface area contributed by atoms with Crippen molar-refractivity contribution in [2.75, 3.05) is 18.5 Å². The number of amides is 2. The van der Waals surface area contributed by atoms with Gasteiger partial charge in [-0.05, 0) is 67.9 Å². The summed E-state index contributed by atoms with van der Waals surface area (Å²) in [6.07, 6.45) is 14.1. The van der Waals surface area contributed by atoms with Crippen LogP contribution in [0.25, 0.3) is 0 Å². The Morgan fingerprint density at radius 3 is 2.25 bits per heavy atom. The van der Waals surface area contributed by atoms with Crippen LogP contribution in [0.15, 0.2) is 48.9 Å². The molecule has 3 aliphatic rings. The van der Waals surface area contributed by atoms with E-state index in [0.29, 0.717) is 19.3 Å². The summed E-state index contributed by atoms with van der Waals surface area (Å²) < 4.78 is 0. The van der Waals surface area contributed by atoms with E-state index in [-0.39, 0.29) is 66.3 Å². The van der Waals surface area contributed by atoms with Gasteiger partial charge in [0.15, 0.2) is 11.6 Å². The molecular weight excluding hydrogens is 695 g/mol.